The van der Waals surface area contributed by atoms with E-state index in [-0.39, 0.29) is 30.7 Å². The molecule has 5 heteroatoms. The zero-order valence-electron chi connectivity index (χ0n) is 15.5. The van der Waals surface area contributed by atoms with Gasteiger partial charge in [0.2, 0.25) is 0 Å². The minimum absolute atomic E-state index is 0.0745. The van der Waals surface area contributed by atoms with Crippen LogP contribution in [0.3, 0.4) is 0 Å². The summed E-state index contributed by atoms with van der Waals surface area (Å²) in [5.74, 6) is -0.593. The molecular formula is C19H29NO4. The van der Waals surface area contributed by atoms with E-state index >= 15 is 0 Å². The zero-order valence-corrected chi connectivity index (χ0v) is 15.5. The highest BCUT2D eigenvalue weighted by Gasteiger charge is 2.25. The van der Waals surface area contributed by atoms with E-state index in [0.29, 0.717) is 5.56 Å². The maximum absolute atomic E-state index is 12.7. The number of hydrogen-bond acceptors (Lipinski definition) is 4. The second-order valence-electron chi connectivity index (χ2n) is 6.27. The first kappa shape index (κ1) is 20.2. The minimum atomic E-state index is -0.423. The molecule has 1 aromatic rings. The maximum Gasteiger partial charge on any atom is 0.326 e. The van der Waals surface area contributed by atoms with Crippen LogP contribution in [0.15, 0.2) is 24.3 Å². The Balaban J connectivity index is 2.79. The van der Waals surface area contributed by atoms with Gasteiger partial charge in [0.1, 0.15) is 12.6 Å². The van der Waals surface area contributed by atoms with E-state index < -0.39 is 5.97 Å². The molecule has 0 aromatic heterocycles. The smallest absolute Gasteiger partial charge is 0.326 e. The van der Waals surface area contributed by atoms with E-state index in [1.807, 2.05) is 45.9 Å². The van der Waals surface area contributed by atoms with E-state index in [4.69, 9.17) is 9.47 Å². The molecule has 0 aliphatic carbocycles. The van der Waals surface area contributed by atoms with Crippen LogP contribution in [-0.4, -0.2) is 48.7 Å². The molecule has 0 fully saturated rings. The lowest BCUT2D eigenvalue weighted by molar-refractivity contribution is -0.156. The highest BCUT2D eigenvalue weighted by atomic mass is 16.6. The molecule has 0 heterocycles. The van der Waals surface area contributed by atoms with Crippen molar-refractivity contribution in [3.63, 3.8) is 0 Å². The predicted octanol–water partition coefficient (Wildman–Crippen LogP) is 3.20. The average molecular weight is 335 g/mol. The van der Waals surface area contributed by atoms with Gasteiger partial charge in [0.05, 0.1) is 6.10 Å². The van der Waals surface area contributed by atoms with Gasteiger partial charge in [0, 0.05) is 18.7 Å². The summed E-state index contributed by atoms with van der Waals surface area (Å²) in [5.41, 5.74) is 1.58. The number of hydrogen-bond donors (Lipinski definition) is 0. The number of esters is 1. The van der Waals surface area contributed by atoms with Gasteiger partial charge >= 0.3 is 5.97 Å². The number of amides is 1. The number of methoxy groups -OCH3 is 1. The number of ether oxygens (including phenoxy) is 2. The van der Waals surface area contributed by atoms with Gasteiger partial charge in [-0.25, -0.2) is 0 Å². The van der Waals surface area contributed by atoms with Crippen LogP contribution in [0.2, 0.25) is 0 Å². The number of nitrogens with zero attached hydrogens (tertiary/aromatic N) is 1. The number of rotatable bonds is 8. The van der Waals surface area contributed by atoms with Gasteiger partial charge < -0.3 is 14.4 Å². The molecule has 1 aromatic carbocycles. The Kier molecular flexibility index (Phi) is 7.92. The second-order valence-corrected chi connectivity index (χ2v) is 6.27. The molecule has 1 rings (SSSR count). The lowest BCUT2D eigenvalue weighted by atomic mass is 10.1. The molecular weight excluding hydrogens is 306 g/mol. The molecule has 24 heavy (non-hydrogen) atoms. The van der Waals surface area contributed by atoms with E-state index in [0.717, 1.165) is 12.0 Å². The van der Waals surface area contributed by atoms with Crippen LogP contribution in [0.1, 0.15) is 50.0 Å². The Labute approximate surface area is 144 Å². The Morgan fingerprint density at radius 1 is 1.21 bits per heavy atom. The molecule has 134 valence electrons. The summed E-state index contributed by atoms with van der Waals surface area (Å²) in [6, 6.07) is 7.25. The van der Waals surface area contributed by atoms with Crippen LogP contribution in [0.25, 0.3) is 0 Å². The summed E-state index contributed by atoms with van der Waals surface area (Å²) in [6.07, 6.45) is 0.255. The monoisotopic (exact) mass is 335 g/mol. The van der Waals surface area contributed by atoms with Gasteiger partial charge in [0.15, 0.2) is 0 Å². The fourth-order valence-corrected chi connectivity index (χ4v) is 2.58. The zero-order chi connectivity index (χ0) is 18.3. The third kappa shape index (κ3) is 5.64. The fourth-order valence-electron chi connectivity index (χ4n) is 2.58. The van der Waals surface area contributed by atoms with Gasteiger partial charge in [-0.05, 0) is 46.2 Å². The van der Waals surface area contributed by atoms with Crippen molar-refractivity contribution in [3.05, 3.63) is 35.4 Å². The number of carbonyl (C=O) groups excluding carboxylic acids is 2. The van der Waals surface area contributed by atoms with Gasteiger partial charge in [-0.15, -0.1) is 0 Å². The largest absolute Gasteiger partial charge is 0.459 e. The maximum atomic E-state index is 12.7. The lowest BCUT2D eigenvalue weighted by Crippen LogP contribution is -2.42. The molecule has 0 saturated carbocycles. The van der Waals surface area contributed by atoms with Crippen molar-refractivity contribution in [1.29, 1.82) is 0 Å². The normalized spacial score (nSPS) is 13.5. The molecule has 0 radical (unpaired) electrons. The summed E-state index contributed by atoms with van der Waals surface area (Å²) in [5, 5.41) is 0. The van der Waals surface area contributed by atoms with Gasteiger partial charge in [-0.3, -0.25) is 9.59 Å². The van der Waals surface area contributed by atoms with E-state index in [1.54, 1.807) is 20.1 Å². The van der Waals surface area contributed by atoms with Crippen LogP contribution in [-0.2, 0) is 14.3 Å². The summed E-state index contributed by atoms with van der Waals surface area (Å²) in [6.45, 7) is 9.40. The summed E-state index contributed by atoms with van der Waals surface area (Å²) in [7, 11) is 1.60. The van der Waals surface area contributed by atoms with E-state index in [9.17, 15) is 9.59 Å². The van der Waals surface area contributed by atoms with E-state index in [2.05, 4.69) is 0 Å². The van der Waals surface area contributed by atoms with Crippen molar-refractivity contribution < 1.29 is 19.1 Å². The second kappa shape index (κ2) is 9.42. The molecule has 5 nitrogen and oxygen atoms in total. The molecule has 0 spiro atoms. The van der Waals surface area contributed by atoms with Crippen molar-refractivity contribution >= 4 is 11.9 Å². The standard InChI is InChI=1S/C19H29NO4/c1-7-17(23-6)15(5)24-18(21)12-20(13(2)3)19(22)16-10-8-9-14(4)11-16/h8-11,13,15,17H,7,12H2,1-6H3. The van der Waals surface area contributed by atoms with Gasteiger partial charge in [0.25, 0.3) is 5.91 Å². The third-order valence-electron chi connectivity index (χ3n) is 3.99. The summed E-state index contributed by atoms with van der Waals surface area (Å²) in [4.78, 5) is 26.5. The molecule has 1 amide bonds. The molecule has 2 atom stereocenters. The van der Waals surface area contributed by atoms with Crippen molar-refractivity contribution in [3.8, 4) is 0 Å². The van der Waals surface area contributed by atoms with Crippen molar-refractivity contribution in [1.82, 2.24) is 4.90 Å². The number of carbonyl (C=O) groups is 2. The van der Waals surface area contributed by atoms with Gasteiger partial charge in [-0.1, -0.05) is 24.6 Å². The first-order valence-corrected chi connectivity index (χ1v) is 8.40. The summed E-state index contributed by atoms with van der Waals surface area (Å²) < 4.78 is 10.7. The van der Waals surface area contributed by atoms with Crippen LogP contribution in [0, 0.1) is 6.92 Å². The molecule has 2 unspecified atom stereocenters. The molecule has 0 N–H and O–H groups in total. The molecule has 0 aliphatic rings. The van der Waals surface area contributed by atoms with Crippen LogP contribution < -0.4 is 0 Å². The average Bonchev–Trinajstić information content (AvgIpc) is 2.52. The van der Waals surface area contributed by atoms with Crippen LogP contribution >= 0.6 is 0 Å². The highest BCUT2D eigenvalue weighted by molar-refractivity contribution is 5.96. The lowest BCUT2D eigenvalue weighted by Gasteiger charge is -2.28. The Hall–Kier alpha value is -1.88. The SMILES string of the molecule is CCC(OC)C(C)OC(=O)CN(C(=O)c1cccc(C)c1)C(C)C. The van der Waals surface area contributed by atoms with Crippen molar-refractivity contribution in [2.24, 2.45) is 0 Å². The third-order valence-corrected chi connectivity index (χ3v) is 3.99. The summed E-state index contributed by atoms with van der Waals surface area (Å²) >= 11 is 0. The number of benzene rings is 1. The Morgan fingerprint density at radius 3 is 2.38 bits per heavy atom. The highest BCUT2D eigenvalue weighted by Crippen LogP contribution is 2.12. The van der Waals surface area contributed by atoms with Gasteiger partial charge in [-0.2, -0.15) is 0 Å². The minimum Gasteiger partial charge on any atom is -0.459 e. The predicted molar refractivity (Wildman–Crippen MR) is 94.0 cm³/mol. The molecule has 0 aliphatic heterocycles. The molecule has 0 bridgehead atoms. The van der Waals surface area contributed by atoms with Crippen LogP contribution in [0.5, 0.6) is 0 Å². The Bertz CT molecular complexity index is 552. The molecule has 0 saturated heterocycles. The number of aryl methyl sites for hydroxylation is 1. The van der Waals surface area contributed by atoms with Crippen molar-refractivity contribution in [2.75, 3.05) is 13.7 Å². The van der Waals surface area contributed by atoms with Crippen molar-refractivity contribution in [2.45, 2.75) is 59.3 Å². The van der Waals surface area contributed by atoms with E-state index in [1.165, 1.54) is 4.90 Å². The Morgan fingerprint density at radius 2 is 1.88 bits per heavy atom. The first-order chi connectivity index (χ1) is 11.3. The quantitative estimate of drug-likeness (QED) is 0.685. The first-order valence-electron chi connectivity index (χ1n) is 8.40. The topological polar surface area (TPSA) is 55.8 Å². The van der Waals surface area contributed by atoms with Crippen LogP contribution in [0.4, 0.5) is 0 Å². The fraction of sp³-hybridized carbons (Fsp3) is 0.579.